The van der Waals surface area contributed by atoms with Crippen LogP contribution in [0.4, 0.5) is 5.69 Å². The first-order valence-electron chi connectivity index (χ1n) is 5.96. The fourth-order valence-corrected chi connectivity index (χ4v) is 1.75. The molecule has 0 aliphatic carbocycles. The Morgan fingerprint density at radius 2 is 2.20 bits per heavy atom. The highest BCUT2D eigenvalue weighted by Gasteiger charge is 2.10. The lowest BCUT2D eigenvalue weighted by molar-refractivity contribution is -0.385. The Morgan fingerprint density at radius 3 is 2.80 bits per heavy atom. The van der Waals surface area contributed by atoms with E-state index < -0.39 is 4.92 Å². The molecule has 0 aliphatic rings. The fourth-order valence-electron chi connectivity index (χ4n) is 1.75. The van der Waals surface area contributed by atoms with E-state index in [1.807, 2.05) is 7.05 Å². The van der Waals surface area contributed by atoms with Gasteiger partial charge in [0.05, 0.1) is 24.6 Å². The SMILES string of the molecule is COc1cc(CNCc2nncn2C)cc([N+](=O)[O-])c1. The number of non-ortho nitro benzene ring substituents is 1. The van der Waals surface area contributed by atoms with Gasteiger partial charge < -0.3 is 14.6 Å². The summed E-state index contributed by atoms with van der Waals surface area (Å²) in [6.45, 7) is 1.01. The third-order valence-corrected chi connectivity index (χ3v) is 2.81. The largest absolute Gasteiger partial charge is 0.496 e. The van der Waals surface area contributed by atoms with Gasteiger partial charge in [-0.15, -0.1) is 10.2 Å². The predicted molar refractivity (Wildman–Crippen MR) is 71.2 cm³/mol. The van der Waals surface area contributed by atoms with E-state index in [4.69, 9.17) is 4.74 Å². The normalized spacial score (nSPS) is 10.5. The van der Waals surface area contributed by atoms with Crippen molar-refractivity contribution >= 4 is 5.69 Å². The zero-order chi connectivity index (χ0) is 14.5. The van der Waals surface area contributed by atoms with Crippen molar-refractivity contribution in [3.8, 4) is 5.75 Å². The summed E-state index contributed by atoms with van der Waals surface area (Å²) >= 11 is 0. The Kier molecular flexibility index (Phi) is 4.26. The van der Waals surface area contributed by atoms with E-state index in [0.717, 1.165) is 11.4 Å². The van der Waals surface area contributed by atoms with Crippen molar-refractivity contribution in [2.75, 3.05) is 7.11 Å². The highest BCUT2D eigenvalue weighted by Crippen LogP contribution is 2.22. The van der Waals surface area contributed by atoms with Crippen molar-refractivity contribution in [1.29, 1.82) is 0 Å². The molecule has 106 valence electrons. The van der Waals surface area contributed by atoms with Gasteiger partial charge in [-0.1, -0.05) is 0 Å². The maximum Gasteiger partial charge on any atom is 0.273 e. The zero-order valence-electron chi connectivity index (χ0n) is 11.2. The van der Waals surface area contributed by atoms with Crippen molar-refractivity contribution in [2.45, 2.75) is 13.1 Å². The summed E-state index contributed by atoms with van der Waals surface area (Å²) in [5.41, 5.74) is 0.790. The fraction of sp³-hybridized carbons (Fsp3) is 0.333. The lowest BCUT2D eigenvalue weighted by Gasteiger charge is -2.07. The van der Waals surface area contributed by atoms with Crippen molar-refractivity contribution in [3.05, 3.63) is 46.0 Å². The van der Waals surface area contributed by atoms with Crippen LogP contribution in [0.1, 0.15) is 11.4 Å². The van der Waals surface area contributed by atoms with Crippen molar-refractivity contribution in [1.82, 2.24) is 20.1 Å². The van der Waals surface area contributed by atoms with Gasteiger partial charge in [-0.2, -0.15) is 0 Å². The number of nitrogens with zero attached hydrogens (tertiary/aromatic N) is 4. The number of nitro benzene ring substituents is 1. The van der Waals surface area contributed by atoms with E-state index in [9.17, 15) is 10.1 Å². The second-order valence-electron chi connectivity index (χ2n) is 4.26. The van der Waals surface area contributed by atoms with E-state index >= 15 is 0 Å². The zero-order valence-corrected chi connectivity index (χ0v) is 11.2. The molecule has 0 bridgehead atoms. The lowest BCUT2D eigenvalue weighted by Crippen LogP contribution is -2.15. The molecule has 0 aliphatic heterocycles. The molecule has 0 unspecified atom stereocenters. The Morgan fingerprint density at radius 1 is 1.40 bits per heavy atom. The highest BCUT2D eigenvalue weighted by atomic mass is 16.6. The molecule has 1 N–H and O–H groups in total. The molecule has 1 aromatic carbocycles. The number of nitro groups is 1. The summed E-state index contributed by atoms with van der Waals surface area (Å²) in [6.07, 6.45) is 1.62. The first kappa shape index (κ1) is 13.9. The molecule has 1 aromatic heterocycles. The molecule has 0 saturated carbocycles. The van der Waals surface area contributed by atoms with E-state index in [1.165, 1.54) is 19.2 Å². The van der Waals surface area contributed by atoms with Crippen LogP contribution in [-0.4, -0.2) is 26.8 Å². The molecule has 0 atom stereocenters. The number of benzene rings is 1. The van der Waals surface area contributed by atoms with Crippen LogP contribution in [0.15, 0.2) is 24.5 Å². The minimum absolute atomic E-state index is 0.0137. The Labute approximate surface area is 115 Å². The molecule has 2 aromatic rings. The maximum absolute atomic E-state index is 10.8. The van der Waals surface area contributed by atoms with Gasteiger partial charge in [0.25, 0.3) is 5.69 Å². The number of hydrogen-bond acceptors (Lipinski definition) is 6. The molecular weight excluding hydrogens is 262 g/mol. The van der Waals surface area contributed by atoms with Gasteiger partial charge in [-0.25, -0.2) is 0 Å². The Hall–Kier alpha value is -2.48. The summed E-state index contributed by atoms with van der Waals surface area (Å²) in [5.74, 6) is 1.26. The minimum atomic E-state index is -0.436. The van der Waals surface area contributed by atoms with Crippen LogP contribution in [0, 0.1) is 10.1 Å². The van der Waals surface area contributed by atoms with Gasteiger partial charge >= 0.3 is 0 Å². The van der Waals surface area contributed by atoms with Crippen LogP contribution in [-0.2, 0) is 20.1 Å². The molecule has 20 heavy (non-hydrogen) atoms. The van der Waals surface area contributed by atoms with Crippen LogP contribution in [0.25, 0.3) is 0 Å². The van der Waals surface area contributed by atoms with Gasteiger partial charge in [0, 0.05) is 19.7 Å². The number of ether oxygens (including phenoxy) is 1. The third kappa shape index (κ3) is 3.29. The molecule has 0 radical (unpaired) electrons. The smallest absolute Gasteiger partial charge is 0.273 e. The summed E-state index contributed by atoms with van der Waals surface area (Å²) in [7, 11) is 3.34. The summed E-state index contributed by atoms with van der Waals surface area (Å²) in [4.78, 5) is 10.4. The van der Waals surface area contributed by atoms with E-state index in [2.05, 4.69) is 15.5 Å². The van der Waals surface area contributed by atoms with Crippen molar-refractivity contribution in [3.63, 3.8) is 0 Å². The van der Waals surface area contributed by atoms with Gasteiger partial charge in [0.15, 0.2) is 0 Å². The van der Waals surface area contributed by atoms with Crippen molar-refractivity contribution < 1.29 is 9.66 Å². The molecular formula is C12H15N5O3. The number of nitrogens with one attached hydrogen (secondary N) is 1. The number of hydrogen-bond donors (Lipinski definition) is 1. The van der Waals surface area contributed by atoms with Gasteiger partial charge in [-0.05, 0) is 11.6 Å². The molecule has 2 rings (SSSR count). The topological polar surface area (TPSA) is 95.1 Å². The Balaban J connectivity index is 2.03. The number of methoxy groups -OCH3 is 1. The van der Waals surface area contributed by atoms with Gasteiger partial charge in [0.1, 0.15) is 17.9 Å². The summed E-state index contributed by atoms with van der Waals surface area (Å²) in [6, 6.07) is 4.68. The van der Waals surface area contributed by atoms with Crippen LogP contribution in [0.2, 0.25) is 0 Å². The van der Waals surface area contributed by atoms with E-state index in [-0.39, 0.29) is 5.69 Å². The predicted octanol–water partition coefficient (Wildman–Crippen LogP) is 1.02. The van der Waals surface area contributed by atoms with Crippen LogP contribution >= 0.6 is 0 Å². The lowest BCUT2D eigenvalue weighted by atomic mass is 10.2. The second kappa shape index (κ2) is 6.11. The molecule has 0 amide bonds. The summed E-state index contributed by atoms with van der Waals surface area (Å²) in [5, 5.41) is 21.7. The molecule has 8 nitrogen and oxygen atoms in total. The summed E-state index contributed by atoms with van der Waals surface area (Å²) < 4.78 is 6.86. The third-order valence-electron chi connectivity index (χ3n) is 2.81. The van der Waals surface area contributed by atoms with Crippen LogP contribution in [0.3, 0.4) is 0 Å². The van der Waals surface area contributed by atoms with Gasteiger partial charge in [-0.3, -0.25) is 10.1 Å². The molecule has 0 spiro atoms. The number of rotatable bonds is 6. The number of aryl methyl sites for hydroxylation is 1. The van der Waals surface area contributed by atoms with Crippen LogP contribution < -0.4 is 10.1 Å². The van der Waals surface area contributed by atoms with Gasteiger partial charge in [0.2, 0.25) is 0 Å². The molecule has 0 saturated heterocycles. The van der Waals surface area contributed by atoms with E-state index in [1.54, 1.807) is 17.0 Å². The Bertz CT molecular complexity index is 611. The average Bonchev–Trinajstić information content (AvgIpc) is 2.84. The maximum atomic E-state index is 10.8. The first-order chi connectivity index (χ1) is 9.60. The monoisotopic (exact) mass is 277 g/mol. The second-order valence-corrected chi connectivity index (χ2v) is 4.26. The van der Waals surface area contributed by atoms with Crippen molar-refractivity contribution in [2.24, 2.45) is 7.05 Å². The number of aromatic nitrogens is 3. The minimum Gasteiger partial charge on any atom is -0.496 e. The first-order valence-corrected chi connectivity index (χ1v) is 5.96. The quantitative estimate of drug-likeness (QED) is 0.625. The highest BCUT2D eigenvalue weighted by molar-refractivity contribution is 5.42. The molecule has 8 heteroatoms. The molecule has 0 fully saturated rings. The van der Waals surface area contributed by atoms with Crippen LogP contribution in [0.5, 0.6) is 5.75 Å². The van der Waals surface area contributed by atoms with E-state index in [0.29, 0.717) is 18.8 Å². The average molecular weight is 277 g/mol. The standard InChI is InChI=1S/C12H15N5O3/c1-16-8-14-15-12(16)7-13-6-9-3-10(17(18)19)5-11(4-9)20-2/h3-5,8,13H,6-7H2,1-2H3. The molecule has 1 heterocycles.